The third-order valence-corrected chi connectivity index (χ3v) is 6.36. The third kappa shape index (κ3) is 5.46. The summed E-state index contributed by atoms with van der Waals surface area (Å²) in [5, 5.41) is 12.1. The van der Waals surface area contributed by atoms with Crippen molar-refractivity contribution in [3.63, 3.8) is 0 Å². The van der Waals surface area contributed by atoms with E-state index in [1.807, 2.05) is 38.1 Å². The number of methoxy groups -OCH3 is 1. The van der Waals surface area contributed by atoms with Crippen molar-refractivity contribution < 1.29 is 18.4 Å². The van der Waals surface area contributed by atoms with Crippen LogP contribution in [0.15, 0.2) is 49.1 Å². The Kier molecular flexibility index (Phi) is 7.83. The van der Waals surface area contributed by atoms with Crippen LogP contribution in [0.3, 0.4) is 0 Å². The third-order valence-electron chi connectivity index (χ3n) is 6.09. The van der Waals surface area contributed by atoms with Crippen molar-refractivity contribution in [2.75, 3.05) is 14.2 Å². The van der Waals surface area contributed by atoms with Gasteiger partial charge in [0, 0.05) is 20.4 Å². The molecule has 9 nitrogen and oxygen atoms in total. The normalized spacial score (nSPS) is 12.4. The molecule has 0 unspecified atom stereocenters. The fourth-order valence-corrected chi connectivity index (χ4v) is 4.58. The molecule has 0 bridgehead atoms. The molecule has 0 radical (unpaired) electrons. The van der Waals surface area contributed by atoms with Crippen molar-refractivity contribution in [3.8, 4) is 5.75 Å². The van der Waals surface area contributed by atoms with Crippen LogP contribution in [-0.2, 0) is 18.3 Å². The maximum absolute atomic E-state index is 12.2. The van der Waals surface area contributed by atoms with Crippen LogP contribution in [0.25, 0.3) is 16.7 Å². The average Bonchev–Trinajstić information content (AvgIpc) is 3.41. The topological polar surface area (TPSA) is 105 Å². The zero-order chi connectivity index (χ0) is 26.7. The summed E-state index contributed by atoms with van der Waals surface area (Å²) >= 11 is 6.46. The molecule has 0 amide bonds. The Hall–Kier alpha value is -3.85. The Labute approximate surface area is 219 Å². The highest BCUT2D eigenvalue weighted by Crippen LogP contribution is 2.34. The van der Waals surface area contributed by atoms with Crippen LogP contribution in [0.2, 0.25) is 0 Å². The zero-order valence-corrected chi connectivity index (χ0v) is 22.5. The van der Waals surface area contributed by atoms with Gasteiger partial charge in [-0.25, -0.2) is 4.79 Å². The Morgan fingerprint density at radius 2 is 1.81 bits per heavy atom. The molecule has 0 saturated carbocycles. The van der Waals surface area contributed by atoms with Crippen molar-refractivity contribution >= 4 is 33.4 Å². The smallest absolute Gasteiger partial charge is 0.419 e. The van der Waals surface area contributed by atoms with Crippen LogP contribution in [0.1, 0.15) is 52.4 Å². The summed E-state index contributed by atoms with van der Waals surface area (Å²) in [5.41, 5.74) is 6.47. The summed E-state index contributed by atoms with van der Waals surface area (Å²) in [4.78, 5) is 17.1. The van der Waals surface area contributed by atoms with Gasteiger partial charge >= 0.3 is 5.76 Å². The molecule has 37 heavy (non-hydrogen) atoms. The van der Waals surface area contributed by atoms with Crippen molar-refractivity contribution in [3.05, 3.63) is 80.5 Å². The highest BCUT2D eigenvalue weighted by Gasteiger charge is 2.18. The molecule has 0 fully saturated rings. The Balaban J connectivity index is 1.83. The second-order valence-corrected chi connectivity index (χ2v) is 9.09. The zero-order valence-electron chi connectivity index (χ0n) is 21.7. The maximum Gasteiger partial charge on any atom is 0.419 e. The number of oxime groups is 1. The quantitative estimate of drug-likeness (QED) is 0.163. The molecule has 0 aliphatic rings. The summed E-state index contributed by atoms with van der Waals surface area (Å²) in [6.45, 7) is 5.65. The van der Waals surface area contributed by atoms with Gasteiger partial charge in [-0.15, -0.1) is 10.2 Å². The number of fused-ring (bicyclic) bond motifs is 1. The molecule has 194 valence electrons. The van der Waals surface area contributed by atoms with E-state index in [4.69, 9.17) is 30.0 Å². The average molecular weight is 525 g/mol. The predicted octanol–water partition coefficient (Wildman–Crippen LogP) is 5.45. The highest BCUT2D eigenvalue weighted by atomic mass is 35.5. The number of hydrogen-bond donors (Lipinski definition) is 0. The monoisotopic (exact) mass is 524 g/mol. The van der Waals surface area contributed by atoms with Gasteiger partial charge in [0.1, 0.15) is 12.9 Å². The van der Waals surface area contributed by atoms with Crippen molar-refractivity contribution in [2.45, 2.75) is 40.0 Å². The Bertz CT molecular complexity index is 1560. The van der Waals surface area contributed by atoms with Crippen LogP contribution in [0.4, 0.5) is 0 Å². The molecular weight excluding hydrogens is 496 g/mol. The molecule has 4 aromatic rings. The van der Waals surface area contributed by atoms with Crippen LogP contribution in [0.5, 0.6) is 5.75 Å². The number of oxazole rings is 1. The Morgan fingerprint density at radius 3 is 2.49 bits per heavy atom. The number of unbranched alkanes of at least 4 members (excludes halogenated alkanes) is 1. The number of halogens is 1. The van der Waals surface area contributed by atoms with Gasteiger partial charge in [0.25, 0.3) is 0 Å². The van der Waals surface area contributed by atoms with Crippen LogP contribution in [-0.4, -0.2) is 34.2 Å². The molecule has 0 aliphatic heterocycles. The number of ether oxygens (including phenoxy) is 1. The van der Waals surface area contributed by atoms with Gasteiger partial charge in [-0.2, -0.15) is 0 Å². The van der Waals surface area contributed by atoms with E-state index in [-0.39, 0.29) is 5.17 Å². The van der Waals surface area contributed by atoms with Gasteiger partial charge < -0.3 is 18.4 Å². The second kappa shape index (κ2) is 11.0. The maximum atomic E-state index is 12.2. The molecule has 2 heterocycles. The molecule has 0 N–H and O–H groups in total. The largest absolute Gasteiger partial charge is 0.496 e. The van der Waals surface area contributed by atoms with Gasteiger partial charge in [0.15, 0.2) is 10.8 Å². The summed E-state index contributed by atoms with van der Waals surface area (Å²) in [6.07, 6.45) is 4.38. The first-order valence-electron chi connectivity index (χ1n) is 11.8. The van der Waals surface area contributed by atoms with Gasteiger partial charge in [0.05, 0.1) is 18.2 Å². The van der Waals surface area contributed by atoms with Gasteiger partial charge in [0.2, 0.25) is 11.8 Å². The highest BCUT2D eigenvalue weighted by molar-refractivity contribution is 6.69. The van der Waals surface area contributed by atoms with Crippen molar-refractivity contribution in [1.82, 2.24) is 14.8 Å². The van der Waals surface area contributed by atoms with Crippen LogP contribution in [0, 0.1) is 20.8 Å². The summed E-state index contributed by atoms with van der Waals surface area (Å²) in [6, 6.07) is 7.95. The molecule has 2 aromatic carbocycles. The fraction of sp³-hybridized carbons (Fsp3) is 0.333. The number of rotatable bonds is 9. The molecule has 0 atom stereocenters. The van der Waals surface area contributed by atoms with Crippen molar-refractivity contribution in [1.29, 1.82) is 0 Å². The lowest BCUT2D eigenvalue weighted by atomic mass is 9.92. The van der Waals surface area contributed by atoms with E-state index in [1.165, 1.54) is 11.7 Å². The van der Waals surface area contributed by atoms with E-state index in [0.29, 0.717) is 35.1 Å². The number of aryl methyl sites for hydroxylation is 5. The Morgan fingerprint density at radius 1 is 1.08 bits per heavy atom. The van der Waals surface area contributed by atoms with Crippen molar-refractivity contribution in [2.24, 2.45) is 12.2 Å². The number of aromatic nitrogens is 3. The lowest BCUT2D eigenvalue weighted by molar-refractivity contribution is 0.214. The van der Waals surface area contributed by atoms with Gasteiger partial charge in [-0.05, 0) is 78.8 Å². The second-order valence-electron chi connectivity index (χ2n) is 8.73. The molecule has 4 rings (SSSR count). The summed E-state index contributed by atoms with van der Waals surface area (Å²) in [7, 11) is 4.73. The number of hydrogen-bond acceptors (Lipinski definition) is 8. The van der Waals surface area contributed by atoms with E-state index in [9.17, 15) is 4.79 Å². The van der Waals surface area contributed by atoms with E-state index < -0.39 is 5.76 Å². The molecule has 2 aromatic heterocycles. The first-order valence-corrected chi connectivity index (χ1v) is 12.2. The van der Waals surface area contributed by atoms with Crippen LogP contribution < -0.4 is 10.5 Å². The molecule has 0 spiro atoms. The molecular formula is C27H29ClN4O5. The lowest BCUT2D eigenvalue weighted by Crippen LogP contribution is -2.08. The molecule has 0 aliphatic carbocycles. The molecule has 10 heteroatoms. The minimum Gasteiger partial charge on any atom is -0.496 e. The summed E-state index contributed by atoms with van der Waals surface area (Å²) < 4.78 is 18.1. The standard InChI is InChI=1S/C27H29ClN4O5/c1-15-11-18(13-21(24(15)34-5)26(28)31-35-6)20(9-7-8-10-23-30-29-17(3)36-23)19-12-16(2)25-22(14-19)32(4)27(33)37-25/h9,11-14H,7-8,10H2,1-6H3/b20-9+,31-26-. The minimum atomic E-state index is -0.402. The predicted molar refractivity (Wildman–Crippen MR) is 142 cm³/mol. The first-order chi connectivity index (χ1) is 17.7. The van der Waals surface area contributed by atoms with Gasteiger partial charge in [-0.1, -0.05) is 22.8 Å². The number of benzene rings is 2. The van der Waals surface area contributed by atoms with E-state index >= 15 is 0 Å². The van der Waals surface area contributed by atoms with E-state index in [0.717, 1.165) is 46.2 Å². The minimum absolute atomic E-state index is 0.180. The first kappa shape index (κ1) is 26.2. The fourth-order valence-electron chi connectivity index (χ4n) is 4.37. The molecule has 0 saturated heterocycles. The SMILES string of the molecule is CO/N=C(\Cl)c1cc(/C(=C\CCCc2nnc(C)o2)c2cc(C)c3oc(=O)n(C)c3c2)cc(C)c1OC. The van der Waals surface area contributed by atoms with Crippen LogP contribution >= 0.6 is 11.6 Å². The lowest BCUT2D eigenvalue weighted by Gasteiger charge is -2.16. The number of nitrogens with zero attached hydrogens (tertiary/aromatic N) is 4. The summed E-state index contributed by atoms with van der Waals surface area (Å²) in [5.74, 6) is 1.38. The number of allylic oxidation sites excluding steroid dienone is 1. The van der Waals surface area contributed by atoms with E-state index in [2.05, 4.69) is 21.4 Å². The van der Waals surface area contributed by atoms with E-state index in [1.54, 1.807) is 21.1 Å². The van der Waals surface area contributed by atoms with Gasteiger partial charge in [-0.3, -0.25) is 4.57 Å².